The highest BCUT2D eigenvalue weighted by molar-refractivity contribution is 4.60. The van der Waals surface area contributed by atoms with Crippen molar-refractivity contribution in [2.24, 2.45) is 0 Å². The molecule has 1 aliphatic heterocycles. The molecule has 0 amide bonds. The predicted octanol–water partition coefficient (Wildman–Crippen LogP) is -0.138. The Hall–Kier alpha value is -0.0800. The molecule has 60 valence electrons. The highest BCUT2D eigenvalue weighted by atomic mass is 16.5. The van der Waals surface area contributed by atoms with Gasteiger partial charge in [-0.3, -0.25) is 0 Å². The van der Waals surface area contributed by atoms with Gasteiger partial charge in [-0.2, -0.15) is 7.05 Å². The van der Waals surface area contributed by atoms with Gasteiger partial charge in [-0.15, -0.1) is 0 Å². The molecule has 0 saturated carbocycles. The quantitative estimate of drug-likeness (QED) is 0.531. The number of hydrogen-bond donors (Lipinski definition) is 1. The minimum absolute atomic E-state index is 0.524. The molecule has 0 aromatic carbocycles. The Balaban J connectivity index is 2.13. The van der Waals surface area contributed by atoms with Crippen LogP contribution in [-0.4, -0.2) is 25.8 Å². The molecule has 1 fully saturated rings. The van der Waals surface area contributed by atoms with Gasteiger partial charge in [0.05, 0.1) is 19.2 Å². The van der Waals surface area contributed by atoms with Gasteiger partial charge in [0.15, 0.2) is 0 Å². The van der Waals surface area contributed by atoms with E-state index in [1.165, 1.54) is 30.8 Å². The summed E-state index contributed by atoms with van der Waals surface area (Å²) in [4.78, 5) is 1.40. The van der Waals surface area contributed by atoms with Crippen molar-refractivity contribution in [3.8, 4) is 0 Å². The average molecular weight is 143 g/mol. The first kappa shape index (κ1) is 8.02. The van der Waals surface area contributed by atoms with Crippen molar-refractivity contribution in [3.05, 3.63) is 7.05 Å². The Morgan fingerprint density at radius 3 is 2.60 bits per heavy atom. The summed E-state index contributed by atoms with van der Waals surface area (Å²) < 4.78 is 5.49. The maximum Gasteiger partial charge on any atom is 0.0680 e. The van der Waals surface area contributed by atoms with Crippen LogP contribution in [0.3, 0.4) is 0 Å². The van der Waals surface area contributed by atoms with Gasteiger partial charge in [0.1, 0.15) is 0 Å². The van der Waals surface area contributed by atoms with Crippen LogP contribution in [0.5, 0.6) is 0 Å². The van der Waals surface area contributed by atoms with Gasteiger partial charge in [0.2, 0.25) is 0 Å². The monoisotopic (exact) mass is 143 g/mol. The van der Waals surface area contributed by atoms with Crippen molar-refractivity contribution in [1.29, 1.82) is 0 Å². The molecule has 0 aromatic rings. The van der Waals surface area contributed by atoms with E-state index in [9.17, 15) is 0 Å². The summed E-state index contributed by atoms with van der Waals surface area (Å²) in [7, 11) is 3.95. The fourth-order valence-corrected chi connectivity index (χ4v) is 1.40. The third kappa shape index (κ3) is 2.27. The number of ether oxygens (including phenoxy) is 1. The van der Waals surface area contributed by atoms with E-state index in [0.717, 1.165) is 6.61 Å². The fourth-order valence-electron chi connectivity index (χ4n) is 1.40. The van der Waals surface area contributed by atoms with Crippen LogP contribution in [-0.2, 0) is 4.74 Å². The zero-order chi connectivity index (χ0) is 7.40. The molecule has 0 bridgehead atoms. The summed E-state index contributed by atoms with van der Waals surface area (Å²) in [5.41, 5.74) is 0. The molecular formula is C8H17NO. The second kappa shape index (κ2) is 3.94. The van der Waals surface area contributed by atoms with Crippen molar-refractivity contribution < 1.29 is 9.64 Å². The summed E-state index contributed by atoms with van der Waals surface area (Å²) in [5.74, 6) is 0. The van der Waals surface area contributed by atoms with E-state index in [0.29, 0.717) is 6.10 Å². The molecule has 10 heavy (non-hydrogen) atoms. The molecule has 0 atom stereocenters. The second-order valence-electron chi connectivity index (χ2n) is 2.90. The zero-order valence-corrected chi connectivity index (χ0v) is 6.73. The average Bonchev–Trinajstić information content (AvgIpc) is 1.95. The first-order valence-corrected chi connectivity index (χ1v) is 4.11. The first-order valence-electron chi connectivity index (χ1n) is 4.11. The lowest BCUT2D eigenvalue weighted by atomic mass is 10.1. The minimum Gasteiger partial charge on any atom is -0.468 e. The van der Waals surface area contributed by atoms with Crippen molar-refractivity contribution >= 4 is 0 Å². The van der Waals surface area contributed by atoms with Gasteiger partial charge in [0, 0.05) is 19.4 Å². The summed E-state index contributed by atoms with van der Waals surface area (Å²) in [6, 6.07) is 0. The van der Waals surface area contributed by atoms with E-state index in [1.54, 1.807) is 0 Å². The highest BCUT2D eigenvalue weighted by Gasteiger charge is 2.16. The highest BCUT2D eigenvalue weighted by Crippen LogP contribution is 2.03. The normalized spacial score (nSPS) is 34.2. The Kier molecular flexibility index (Phi) is 3.16. The van der Waals surface area contributed by atoms with Crippen LogP contribution in [0, 0.1) is 7.05 Å². The Labute approximate surface area is 63.2 Å². The maximum atomic E-state index is 5.49. The zero-order valence-electron chi connectivity index (χ0n) is 6.73. The molecule has 2 nitrogen and oxygen atoms in total. The number of rotatable bonds is 2. The number of piperidine rings is 1. The van der Waals surface area contributed by atoms with E-state index in [-0.39, 0.29) is 0 Å². The lowest BCUT2D eigenvalue weighted by molar-refractivity contribution is -0.860. The summed E-state index contributed by atoms with van der Waals surface area (Å²) in [6.45, 7) is 5.26. The standard InChI is InChI=1S/C8H17NO/c1-3-10-8-4-6-9(2)7-5-8/h8-9H,2-7H2,1H3. The van der Waals surface area contributed by atoms with Crippen LogP contribution in [0.2, 0.25) is 0 Å². The smallest absolute Gasteiger partial charge is 0.0680 e. The number of likely N-dealkylation sites (tertiary alicyclic amines) is 1. The van der Waals surface area contributed by atoms with Crippen LogP contribution in [0.1, 0.15) is 19.8 Å². The van der Waals surface area contributed by atoms with Gasteiger partial charge in [0.25, 0.3) is 0 Å². The Morgan fingerprint density at radius 2 is 2.10 bits per heavy atom. The van der Waals surface area contributed by atoms with E-state index in [4.69, 9.17) is 4.74 Å². The van der Waals surface area contributed by atoms with Crippen LogP contribution < -0.4 is 4.90 Å². The summed E-state index contributed by atoms with van der Waals surface area (Å²) in [5, 5.41) is 0. The van der Waals surface area contributed by atoms with Crippen molar-refractivity contribution in [2.45, 2.75) is 25.9 Å². The predicted molar refractivity (Wildman–Crippen MR) is 40.7 cm³/mol. The molecule has 1 N–H and O–H groups in total. The van der Waals surface area contributed by atoms with Crippen LogP contribution in [0.15, 0.2) is 0 Å². The van der Waals surface area contributed by atoms with Gasteiger partial charge < -0.3 is 9.64 Å². The molecule has 0 unspecified atom stereocenters. The molecule has 1 rings (SSSR count). The molecule has 1 saturated heterocycles. The van der Waals surface area contributed by atoms with Crippen LogP contribution >= 0.6 is 0 Å². The largest absolute Gasteiger partial charge is 0.468 e. The van der Waals surface area contributed by atoms with Gasteiger partial charge >= 0.3 is 0 Å². The molecular weight excluding hydrogens is 126 g/mol. The van der Waals surface area contributed by atoms with E-state index in [2.05, 4.69) is 14.0 Å². The van der Waals surface area contributed by atoms with E-state index >= 15 is 0 Å². The first-order chi connectivity index (χ1) is 4.83. The minimum atomic E-state index is 0.524. The summed E-state index contributed by atoms with van der Waals surface area (Å²) >= 11 is 0. The van der Waals surface area contributed by atoms with Crippen molar-refractivity contribution in [3.63, 3.8) is 0 Å². The molecule has 1 aliphatic rings. The van der Waals surface area contributed by atoms with Gasteiger partial charge in [-0.25, -0.2) is 0 Å². The van der Waals surface area contributed by atoms with Crippen molar-refractivity contribution in [2.75, 3.05) is 19.7 Å². The molecule has 0 aliphatic carbocycles. The molecule has 0 spiro atoms. The summed E-state index contributed by atoms with van der Waals surface area (Å²) in [6.07, 6.45) is 2.90. The number of quaternary nitrogens is 1. The van der Waals surface area contributed by atoms with Gasteiger partial charge in [-0.1, -0.05) is 0 Å². The van der Waals surface area contributed by atoms with Gasteiger partial charge in [-0.05, 0) is 6.92 Å². The third-order valence-corrected chi connectivity index (χ3v) is 2.04. The maximum absolute atomic E-state index is 5.49. The lowest BCUT2D eigenvalue weighted by Gasteiger charge is -2.30. The number of nitrogens with one attached hydrogen (secondary N) is 1. The molecule has 0 radical (unpaired) electrons. The fraction of sp³-hybridized carbons (Fsp3) is 0.875. The SMILES string of the molecule is [CH2-][NH+]1CCC(OCC)CC1. The van der Waals surface area contributed by atoms with Crippen molar-refractivity contribution in [1.82, 2.24) is 0 Å². The Morgan fingerprint density at radius 1 is 1.50 bits per heavy atom. The second-order valence-corrected chi connectivity index (χ2v) is 2.90. The third-order valence-electron chi connectivity index (χ3n) is 2.04. The molecule has 1 heterocycles. The number of hydrogen-bond acceptors (Lipinski definition) is 1. The Bertz CT molecular complexity index is 87.3. The van der Waals surface area contributed by atoms with E-state index in [1.807, 2.05) is 0 Å². The topological polar surface area (TPSA) is 13.7 Å². The molecule has 2 heteroatoms. The van der Waals surface area contributed by atoms with Crippen LogP contribution in [0.25, 0.3) is 0 Å². The van der Waals surface area contributed by atoms with E-state index < -0.39 is 0 Å². The molecule has 0 aromatic heterocycles. The van der Waals surface area contributed by atoms with Crippen LogP contribution in [0.4, 0.5) is 0 Å². The lowest BCUT2D eigenvalue weighted by Crippen LogP contribution is -3.08.